The van der Waals surface area contributed by atoms with E-state index in [1.165, 1.54) is 10.6 Å². The molecule has 25 heavy (non-hydrogen) atoms. The zero-order chi connectivity index (χ0) is 17.1. The van der Waals surface area contributed by atoms with E-state index in [9.17, 15) is 0 Å². The van der Waals surface area contributed by atoms with Crippen molar-refractivity contribution in [2.75, 3.05) is 6.66 Å². The fourth-order valence-corrected chi connectivity index (χ4v) is 7.63. The predicted octanol–water partition coefficient (Wildman–Crippen LogP) is 4.13. The minimum Gasteiger partial charge on any atom is -0.135 e. The van der Waals surface area contributed by atoms with E-state index in [-0.39, 0.29) is 0 Å². The Bertz CT molecular complexity index is 913. The van der Waals surface area contributed by atoms with E-state index in [4.69, 9.17) is 0 Å². The second-order valence-electron chi connectivity index (χ2n) is 5.93. The molecule has 0 radical (unpaired) electrons. The van der Waals surface area contributed by atoms with Crippen LogP contribution in [-0.2, 0) is 0 Å². The summed E-state index contributed by atoms with van der Waals surface area (Å²) in [7, 11) is -1.78. The summed E-state index contributed by atoms with van der Waals surface area (Å²) in [5, 5.41) is 12.8. The van der Waals surface area contributed by atoms with E-state index in [1.807, 2.05) is 18.2 Å². The molecule has 4 heteroatoms. The lowest BCUT2D eigenvalue weighted by Gasteiger charge is -2.19. The fourth-order valence-electron chi connectivity index (χ4n) is 2.92. The largest absolute Gasteiger partial charge is 0.268 e. The van der Waals surface area contributed by atoms with Gasteiger partial charge >= 0.3 is 0 Å². The third-order valence-corrected chi connectivity index (χ3v) is 10.0. The Morgan fingerprint density at radius 3 is 1.64 bits per heavy atom. The molecule has 1 heterocycles. The molecule has 0 aliphatic carbocycles. The molecule has 0 bridgehead atoms. The molecule has 122 valence electrons. The predicted molar refractivity (Wildman–Crippen MR) is 110 cm³/mol. The summed E-state index contributed by atoms with van der Waals surface area (Å²) >= 11 is 1.71. The number of benzene rings is 3. The van der Waals surface area contributed by atoms with Crippen molar-refractivity contribution in [3.05, 3.63) is 91.0 Å². The van der Waals surface area contributed by atoms with Gasteiger partial charge in [-0.25, -0.2) is 0 Å². The molecule has 1 aromatic heterocycles. The molecule has 0 aliphatic heterocycles. The summed E-state index contributed by atoms with van der Waals surface area (Å²) in [5.74, 6) is 0. The van der Waals surface area contributed by atoms with Crippen LogP contribution in [0, 0.1) is 0 Å². The van der Waals surface area contributed by atoms with Crippen LogP contribution in [0.5, 0.6) is 0 Å². The average Bonchev–Trinajstić information content (AvgIpc) is 3.20. The molecule has 4 rings (SSSR count). The van der Waals surface area contributed by atoms with Gasteiger partial charge in [-0.05, 0) is 24.3 Å². The first-order valence-electron chi connectivity index (χ1n) is 8.16. The highest BCUT2D eigenvalue weighted by Crippen LogP contribution is 2.52. The standard InChI is InChI=1S/C21H18N2PS/c1-24(18-13-7-3-8-14-18,19-15-9-4-10-16-19)21-23-22-20(25-21)17-11-5-2-6-12-17/h2-16H,1H3/q+1. The quantitative estimate of drug-likeness (QED) is 0.511. The van der Waals surface area contributed by atoms with Crippen molar-refractivity contribution in [3.63, 3.8) is 0 Å². The van der Waals surface area contributed by atoms with Crippen LogP contribution in [0.25, 0.3) is 10.6 Å². The van der Waals surface area contributed by atoms with E-state index < -0.39 is 7.26 Å². The molecule has 0 amide bonds. The lowest BCUT2D eigenvalue weighted by Crippen LogP contribution is -2.30. The number of hydrogen-bond acceptors (Lipinski definition) is 3. The monoisotopic (exact) mass is 361 g/mol. The van der Waals surface area contributed by atoms with Crippen LogP contribution >= 0.6 is 18.6 Å². The van der Waals surface area contributed by atoms with Crippen molar-refractivity contribution in [3.8, 4) is 10.6 Å². The fraction of sp³-hybridized carbons (Fsp3) is 0.0476. The van der Waals surface area contributed by atoms with E-state index in [2.05, 4.69) is 89.7 Å². The molecule has 3 aromatic carbocycles. The maximum atomic E-state index is 4.64. The maximum Gasteiger partial charge on any atom is 0.268 e. The summed E-state index contributed by atoms with van der Waals surface area (Å²) in [6, 6.07) is 31.7. The summed E-state index contributed by atoms with van der Waals surface area (Å²) in [4.78, 5) is 0. The Morgan fingerprint density at radius 1 is 0.640 bits per heavy atom. The SMILES string of the molecule is C[P+](c1ccccc1)(c1ccccc1)c1nnc(-c2ccccc2)s1. The molecular formula is C21H18N2PS+. The molecular weight excluding hydrogens is 343 g/mol. The first-order valence-corrected chi connectivity index (χ1v) is 11.2. The molecule has 0 aliphatic rings. The van der Waals surface area contributed by atoms with Crippen molar-refractivity contribution >= 4 is 34.0 Å². The van der Waals surface area contributed by atoms with Crippen LogP contribution < -0.4 is 15.4 Å². The number of aromatic nitrogens is 2. The minimum atomic E-state index is -1.78. The van der Waals surface area contributed by atoms with Gasteiger partial charge in [0.15, 0.2) is 5.01 Å². The Labute approximate surface area is 152 Å². The molecule has 0 unspecified atom stereocenters. The Balaban J connectivity index is 1.87. The third kappa shape index (κ3) is 3.02. The minimum absolute atomic E-state index is 0.980. The van der Waals surface area contributed by atoms with Crippen molar-refractivity contribution in [2.45, 2.75) is 0 Å². The van der Waals surface area contributed by atoms with Gasteiger partial charge in [0.1, 0.15) is 17.9 Å². The molecule has 0 N–H and O–H groups in total. The lowest BCUT2D eigenvalue weighted by atomic mass is 10.2. The molecule has 0 atom stereocenters. The summed E-state index contributed by atoms with van der Waals surface area (Å²) < 4.78 is 1.11. The summed E-state index contributed by atoms with van der Waals surface area (Å²) in [6.07, 6.45) is 0. The van der Waals surface area contributed by atoms with E-state index in [0.717, 1.165) is 15.3 Å². The van der Waals surface area contributed by atoms with Gasteiger partial charge in [-0.15, -0.1) is 5.10 Å². The van der Waals surface area contributed by atoms with E-state index >= 15 is 0 Å². The molecule has 2 nitrogen and oxygen atoms in total. The van der Waals surface area contributed by atoms with Crippen molar-refractivity contribution in [2.24, 2.45) is 0 Å². The van der Waals surface area contributed by atoms with Crippen molar-refractivity contribution in [1.82, 2.24) is 10.2 Å². The zero-order valence-electron chi connectivity index (χ0n) is 13.9. The second-order valence-corrected chi connectivity index (χ2v) is 10.7. The number of hydrogen-bond donors (Lipinski definition) is 0. The Morgan fingerprint density at radius 2 is 1.12 bits per heavy atom. The topological polar surface area (TPSA) is 25.8 Å². The third-order valence-electron chi connectivity index (χ3n) is 4.36. The first kappa shape index (κ1) is 16.1. The highest BCUT2D eigenvalue weighted by molar-refractivity contribution is 7.98. The Hall–Kier alpha value is -2.35. The first-order chi connectivity index (χ1) is 12.3. The van der Waals surface area contributed by atoms with Gasteiger partial charge in [0, 0.05) is 5.56 Å². The van der Waals surface area contributed by atoms with Crippen LogP contribution in [0.15, 0.2) is 91.0 Å². The smallest absolute Gasteiger partial charge is 0.135 e. The highest BCUT2D eigenvalue weighted by Gasteiger charge is 2.44. The van der Waals surface area contributed by atoms with Gasteiger partial charge in [0.25, 0.3) is 4.75 Å². The lowest BCUT2D eigenvalue weighted by molar-refractivity contribution is 1.12. The van der Waals surface area contributed by atoms with Gasteiger partial charge < -0.3 is 0 Å². The maximum absolute atomic E-state index is 4.64. The zero-order valence-corrected chi connectivity index (χ0v) is 15.6. The van der Waals surface area contributed by atoms with Crippen LogP contribution in [0.2, 0.25) is 0 Å². The van der Waals surface area contributed by atoms with Gasteiger partial charge in [-0.2, -0.15) is 0 Å². The van der Waals surface area contributed by atoms with E-state index in [1.54, 1.807) is 11.3 Å². The second kappa shape index (κ2) is 6.87. The summed E-state index contributed by atoms with van der Waals surface area (Å²) in [6.45, 7) is 2.34. The van der Waals surface area contributed by atoms with Crippen LogP contribution in [0.4, 0.5) is 0 Å². The number of rotatable bonds is 4. The summed E-state index contributed by atoms with van der Waals surface area (Å²) in [5.41, 5.74) is 1.12. The molecule has 4 aromatic rings. The average molecular weight is 361 g/mol. The highest BCUT2D eigenvalue weighted by atomic mass is 32.1. The normalized spacial score (nSPS) is 11.4. The van der Waals surface area contributed by atoms with Crippen LogP contribution in [0.3, 0.4) is 0 Å². The Kier molecular flexibility index (Phi) is 4.44. The van der Waals surface area contributed by atoms with Gasteiger partial charge in [0.2, 0.25) is 0 Å². The molecule has 0 saturated carbocycles. The van der Waals surface area contributed by atoms with Gasteiger partial charge in [0.05, 0.1) is 6.66 Å². The van der Waals surface area contributed by atoms with Gasteiger partial charge in [-0.3, -0.25) is 0 Å². The molecule has 0 saturated heterocycles. The van der Waals surface area contributed by atoms with Gasteiger partial charge in [-0.1, -0.05) is 83.2 Å². The molecule has 0 spiro atoms. The van der Waals surface area contributed by atoms with Crippen molar-refractivity contribution < 1.29 is 0 Å². The molecule has 0 fully saturated rings. The van der Waals surface area contributed by atoms with Crippen LogP contribution in [0.1, 0.15) is 0 Å². The van der Waals surface area contributed by atoms with Crippen molar-refractivity contribution in [1.29, 1.82) is 0 Å². The number of nitrogens with zero attached hydrogens (tertiary/aromatic N) is 2. The van der Waals surface area contributed by atoms with E-state index in [0.29, 0.717) is 0 Å². The van der Waals surface area contributed by atoms with Crippen LogP contribution in [-0.4, -0.2) is 16.9 Å².